The molecule has 0 aliphatic heterocycles. The highest BCUT2D eigenvalue weighted by Gasteiger charge is 2.17. The molecule has 3 aromatic rings. The fourth-order valence-electron chi connectivity index (χ4n) is 3.09. The van der Waals surface area contributed by atoms with Gasteiger partial charge < -0.3 is 15.8 Å². The number of ether oxygens (including phenoxy) is 1. The molecular weight excluding hydrogens is 380 g/mol. The topological polar surface area (TPSA) is 99.2 Å². The first-order valence-corrected chi connectivity index (χ1v) is 9.95. The van der Waals surface area contributed by atoms with Gasteiger partial charge in [0.15, 0.2) is 0 Å². The molecule has 0 radical (unpaired) electrons. The van der Waals surface area contributed by atoms with E-state index in [1.807, 2.05) is 25.1 Å². The Morgan fingerprint density at radius 3 is 2.50 bits per heavy atom. The number of nitrogens with one attached hydrogen (secondary N) is 1. The Bertz CT molecular complexity index is 997. The highest BCUT2D eigenvalue weighted by Crippen LogP contribution is 2.18. The van der Waals surface area contributed by atoms with Gasteiger partial charge in [-0.2, -0.15) is 5.10 Å². The van der Waals surface area contributed by atoms with Crippen LogP contribution >= 0.6 is 0 Å². The van der Waals surface area contributed by atoms with Crippen LogP contribution < -0.4 is 11.1 Å². The Balaban J connectivity index is 1.61. The van der Waals surface area contributed by atoms with Crippen molar-refractivity contribution in [3.63, 3.8) is 0 Å². The molecule has 0 saturated heterocycles. The lowest BCUT2D eigenvalue weighted by molar-refractivity contribution is 0.0527. The number of aryl methyl sites for hydroxylation is 1. The summed E-state index contributed by atoms with van der Waals surface area (Å²) in [6.45, 7) is 3.98. The van der Waals surface area contributed by atoms with E-state index in [0.717, 1.165) is 12.8 Å². The standard InChI is InChI=1S/C23H26N4O3/c1-3-30-23(29)20-15-25-27(21(20)24)19-13-11-18(12-14-19)22(28)26-16(2)9-10-17-7-5-4-6-8-17/h4-8,11-16H,3,9-10,24H2,1-2H3,(H,26,28). The highest BCUT2D eigenvalue weighted by molar-refractivity contribution is 5.95. The summed E-state index contributed by atoms with van der Waals surface area (Å²) < 4.78 is 6.41. The number of nitrogens with two attached hydrogens (primary N) is 1. The summed E-state index contributed by atoms with van der Waals surface area (Å²) >= 11 is 0. The lowest BCUT2D eigenvalue weighted by Gasteiger charge is -2.14. The lowest BCUT2D eigenvalue weighted by atomic mass is 10.1. The van der Waals surface area contributed by atoms with Gasteiger partial charge in [-0.3, -0.25) is 4.79 Å². The molecule has 0 spiro atoms. The summed E-state index contributed by atoms with van der Waals surface area (Å²) in [5, 5.41) is 7.18. The first-order valence-electron chi connectivity index (χ1n) is 9.95. The minimum atomic E-state index is -0.512. The van der Waals surface area contributed by atoms with Crippen LogP contribution in [-0.4, -0.2) is 34.3 Å². The van der Waals surface area contributed by atoms with Crippen LogP contribution in [0, 0.1) is 0 Å². The average Bonchev–Trinajstić information content (AvgIpc) is 3.14. The Labute approximate surface area is 175 Å². The van der Waals surface area contributed by atoms with Crippen LogP contribution in [0.2, 0.25) is 0 Å². The monoisotopic (exact) mass is 406 g/mol. The minimum Gasteiger partial charge on any atom is -0.462 e. The summed E-state index contributed by atoms with van der Waals surface area (Å²) in [5.74, 6) is -0.454. The summed E-state index contributed by atoms with van der Waals surface area (Å²) in [6.07, 6.45) is 3.14. The number of carbonyl (C=O) groups excluding carboxylic acids is 2. The van der Waals surface area contributed by atoms with Crippen molar-refractivity contribution in [3.05, 3.63) is 77.5 Å². The number of hydrogen-bond donors (Lipinski definition) is 2. The number of nitrogen functional groups attached to an aromatic ring is 1. The molecule has 2 aromatic carbocycles. The van der Waals surface area contributed by atoms with E-state index in [9.17, 15) is 9.59 Å². The largest absolute Gasteiger partial charge is 0.462 e. The number of benzene rings is 2. The number of carbonyl (C=O) groups is 2. The van der Waals surface area contributed by atoms with Gasteiger partial charge >= 0.3 is 5.97 Å². The molecule has 156 valence electrons. The van der Waals surface area contributed by atoms with Gasteiger partial charge in [-0.1, -0.05) is 30.3 Å². The number of rotatable bonds is 8. The number of esters is 1. The van der Waals surface area contributed by atoms with Crippen molar-refractivity contribution in [3.8, 4) is 5.69 Å². The second-order valence-corrected chi connectivity index (χ2v) is 7.02. The molecule has 0 aliphatic rings. The third-order valence-corrected chi connectivity index (χ3v) is 4.76. The van der Waals surface area contributed by atoms with Gasteiger partial charge in [-0.05, 0) is 56.5 Å². The SMILES string of the molecule is CCOC(=O)c1cnn(-c2ccc(C(=O)NC(C)CCc3ccccc3)cc2)c1N. The van der Waals surface area contributed by atoms with Crippen LogP contribution in [0.4, 0.5) is 5.82 Å². The summed E-state index contributed by atoms with van der Waals surface area (Å²) in [4.78, 5) is 24.4. The number of amides is 1. The third-order valence-electron chi connectivity index (χ3n) is 4.76. The molecule has 0 bridgehead atoms. The molecule has 30 heavy (non-hydrogen) atoms. The number of hydrogen-bond acceptors (Lipinski definition) is 5. The number of aromatic nitrogens is 2. The first-order chi connectivity index (χ1) is 14.5. The van der Waals surface area contributed by atoms with Gasteiger partial charge in [0, 0.05) is 11.6 Å². The average molecular weight is 406 g/mol. The summed E-state index contributed by atoms with van der Waals surface area (Å²) in [5.41, 5.74) is 8.69. The molecule has 1 heterocycles. The molecule has 7 heteroatoms. The van der Waals surface area contributed by atoms with Crippen LogP contribution in [0.15, 0.2) is 60.8 Å². The molecule has 1 atom stereocenters. The van der Waals surface area contributed by atoms with Crippen molar-refractivity contribution in [2.45, 2.75) is 32.7 Å². The van der Waals surface area contributed by atoms with Gasteiger partial charge in [0.05, 0.1) is 18.5 Å². The van der Waals surface area contributed by atoms with Crippen LogP contribution in [0.5, 0.6) is 0 Å². The molecule has 0 saturated carbocycles. The highest BCUT2D eigenvalue weighted by atomic mass is 16.5. The first kappa shape index (κ1) is 21.1. The molecule has 1 unspecified atom stereocenters. The maximum absolute atomic E-state index is 12.5. The maximum atomic E-state index is 12.5. The van der Waals surface area contributed by atoms with Crippen LogP contribution in [-0.2, 0) is 11.2 Å². The molecule has 1 aromatic heterocycles. The second-order valence-electron chi connectivity index (χ2n) is 7.02. The minimum absolute atomic E-state index is 0.0475. The van der Waals surface area contributed by atoms with Crippen molar-refractivity contribution in [2.24, 2.45) is 0 Å². The Kier molecular flexibility index (Phi) is 6.85. The number of anilines is 1. The van der Waals surface area contributed by atoms with Crippen LogP contribution in [0.25, 0.3) is 5.69 Å². The molecular formula is C23H26N4O3. The van der Waals surface area contributed by atoms with E-state index >= 15 is 0 Å². The van der Waals surface area contributed by atoms with E-state index in [1.165, 1.54) is 16.4 Å². The zero-order valence-corrected chi connectivity index (χ0v) is 17.2. The zero-order valence-electron chi connectivity index (χ0n) is 17.2. The Hall–Kier alpha value is -3.61. The zero-order chi connectivity index (χ0) is 21.5. The molecule has 7 nitrogen and oxygen atoms in total. The van der Waals surface area contributed by atoms with Crippen LogP contribution in [0.3, 0.4) is 0 Å². The van der Waals surface area contributed by atoms with E-state index in [4.69, 9.17) is 10.5 Å². The van der Waals surface area contributed by atoms with Gasteiger partial charge in [-0.25, -0.2) is 9.48 Å². The normalized spacial score (nSPS) is 11.7. The molecule has 3 N–H and O–H groups in total. The molecule has 0 aliphatic carbocycles. The van der Waals surface area contributed by atoms with Crippen molar-refractivity contribution in [1.82, 2.24) is 15.1 Å². The van der Waals surface area contributed by atoms with Crippen LogP contribution in [0.1, 0.15) is 46.5 Å². The summed E-state index contributed by atoms with van der Waals surface area (Å²) in [6, 6.07) is 17.1. The fraction of sp³-hybridized carbons (Fsp3) is 0.261. The van der Waals surface area contributed by atoms with E-state index in [2.05, 4.69) is 22.5 Å². The summed E-state index contributed by atoms with van der Waals surface area (Å²) in [7, 11) is 0. The predicted molar refractivity (Wildman–Crippen MR) is 116 cm³/mol. The Morgan fingerprint density at radius 1 is 1.13 bits per heavy atom. The van der Waals surface area contributed by atoms with E-state index < -0.39 is 5.97 Å². The Morgan fingerprint density at radius 2 is 1.83 bits per heavy atom. The van der Waals surface area contributed by atoms with Gasteiger partial charge in [0.2, 0.25) is 0 Å². The van der Waals surface area contributed by atoms with E-state index in [-0.39, 0.29) is 29.9 Å². The third kappa shape index (κ3) is 5.05. The van der Waals surface area contributed by atoms with Crippen molar-refractivity contribution in [1.29, 1.82) is 0 Å². The number of nitrogens with zero attached hydrogens (tertiary/aromatic N) is 2. The van der Waals surface area contributed by atoms with Crippen molar-refractivity contribution in [2.75, 3.05) is 12.3 Å². The van der Waals surface area contributed by atoms with Gasteiger partial charge in [0.1, 0.15) is 11.4 Å². The molecule has 1 amide bonds. The van der Waals surface area contributed by atoms with E-state index in [0.29, 0.717) is 11.3 Å². The van der Waals surface area contributed by atoms with Gasteiger partial charge in [0.25, 0.3) is 5.91 Å². The maximum Gasteiger partial charge on any atom is 0.343 e. The fourth-order valence-corrected chi connectivity index (χ4v) is 3.09. The van der Waals surface area contributed by atoms with Gasteiger partial charge in [-0.15, -0.1) is 0 Å². The molecule has 3 rings (SSSR count). The molecule has 0 fully saturated rings. The van der Waals surface area contributed by atoms with Crippen molar-refractivity contribution < 1.29 is 14.3 Å². The van der Waals surface area contributed by atoms with E-state index in [1.54, 1.807) is 31.2 Å². The van der Waals surface area contributed by atoms with Crippen molar-refractivity contribution >= 4 is 17.7 Å². The quantitative estimate of drug-likeness (QED) is 0.559. The smallest absolute Gasteiger partial charge is 0.343 e. The lowest BCUT2D eigenvalue weighted by Crippen LogP contribution is -2.32. The second kappa shape index (κ2) is 9.73. The predicted octanol–water partition coefficient (Wildman–Crippen LogP) is 3.38.